The Balaban J connectivity index is 1.41. The van der Waals surface area contributed by atoms with Crippen LogP contribution in [0.3, 0.4) is 0 Å². The summed E-state index contributed by atoms with van der Waals surface area (Å²) in [7, 11) is 0. The van der Waals surface area contributed by atoms with E-state index in [-0.39, 0.29) is 29.9 Å². The van der Waals surface area contributed by atoms with Gasteiger partial charge in [-0.1, -0.05) is 12.1 Å². The molecule has 0 spiro atoms. The smallest absolute Gasteiger partial charge is 0.326 e. The number of nitrogens with one attached hydrogen (secondary N) is 2. The number of nitrogens with two attached hydrogens (primary N) is 1. The molecule has 174 valence electrons. The number of likely N-dealkylation sites (tertiary alicyclic amines) is 1. The molecule has 5 N–H and O–H groups in total. The highest BCUT2D eigenvalue weighted by molar-refractivity contribution is 9.11. The lowest BCUT2D eigenvalue weighted by Gasteiger charge is -2.33. The molecule has 11 heteroatoms. The number of piperidine rings is 1. The predicted molar refractivity (Wildman–Crippen MR) is 131 cm³/mol. The molecule has 1 fully saturated rings. The number of phenols is 1. The van der Waals surface area contributed by atoms with Gasteiger partial charge in [-0.2, -0.15) is 0 Å². The molecular weight excluding hydrogens is 558 g/mol. The van der Waals surface area contributed by atoms with Gasteiger partial charge in [-0.05, 0) is 74.5 Å². The molecule has 1 saturated heterocycles. The first kappa shape index (κ1) is 23.4. The third-order valence-electron chi connectivity index (χ3n) is 5.90. The first-order chi connectivity index (χ1) is 15.7. The molecule has 1 aliphatic rings. The van der Waals surface area contributed by atoms with E-state index in [9.17, 15) is 19.5 Å². The van der Waals surface area contributed by atoms with Crippen LogP contribution in [0.5, 0.6) is 5.75 Å². The van der Waals surface area contributed by atoms with Crippen LogP contribution in [-0.4, -0.2) is 50.6 Å². The fraction of sp³-hybridized carbons (Fsp3) is 0.318. The Hall–Kier alpha value is -2.79. The number of primary amides is 1. The maximum atomic E-state index is 12.8. The number of phenolic OH excluding ortho intramolecular Hbond substituents is 1. The zero-order valence-corrected chi connectivity index (χ0v) is 20.7. The van der Waals surface area contributed by atoms with Gasteiger partial charge in [0.25, 0.3) is 0 Å². The van der Waals surface area contributed by atoms with Gasteiger partial charge in [-0.15, -0.1) is 0 Å². The average Bonchev–Trinajstić information content (AvgIpc) is 3.12. The molecule has 4 rings (SSSR count). The normalized spacial score (nSPS) is 15.5. The summed E-state index contributed by atoms with van der Waals surface area (Å²) in [5.41, 5.74) is 7.74. The average molecular weight is 581 g/mol. The van der Waals surface area contributed by atoms with Gasteiger partial charge in [0.15, 0.2) is 0 Å². The van der Waals surface area contributed by atoms with E-state index in [4.69, 9.17) is 5.73 Å². The Morgan fingerprint density at radius 3 is 2.45 bits per heavy atom. The molecule has 0 unspecified atom stereocenters. The zero-order chi connectivity index (χ0) is 23.7. The number of aromatic amines is 1. The number of H-pyrrole nitrogens is 1. The summed E-state index contributed by atoms with van der Waals surface area (Å²) in [4.78, 5) is 41.8. The molecule has 1 aliphatic heterocycles. The summed E-state index contributed by atoms with van der Waals surface area (Å²) in [6.07, 6.45) is 1.42. The molecule has 9 nitrogen and oxygen atoms in total. The third kappa shape index (κ3) is 4.93. The van der Waals surface area contributed by atoms with Crippen molar-refractivity contribution in [3.63, 3.8) is 0 Å². The maximum Gasteiger partial charge on any atom is 0.326 e. The highest BCUT2D eigenvalue weighted by Crippen LogP contribution is 2.33. The van der Waals surface area contributed by atoms with Gasteiger partial charge in [-0.3, -0.25) is 9.36 Å². The van der Waals surface area contributed by atoms with E-state index < -0.39 is 11.9 Å². The van der Waals surface area contributed by atoms with E-state index >= 15 is 0 Å². The van der Waals surface area contributed by atoms with Crippen LogP contribution in [0.25, 0.3) is 11.0 Å². The van der Waals surface area contributed by atoms with Crippen LogP contribution < -0.4 is 16.7 Å². The number of fused-ring (bicyclic) bond motifs is 1. The van der Waals surface area contributed by atoms with Crippen LogP contribution in [-0.2, 0) is 11.2 Å². The number of hydrogen-bond acceptors (Lipinski definition) is 4. The molecular formula is C22H23Br2N5O4. The fourth-order valence-corrected chi connectivity index (χ4v) is 5.48. The van der Waals surface area contributed by atoms with Gasteiger partial charge in [0, 0.05) is 25.6 Å². The minimum absolute atomic E-state index is 0.0173. The molecule has 1 atom stereocenters. The van der Waals surface area contributed by atoms with Gasteiger partial charge >= 0.3 is 11.7 Å². The first-order valence-corrected chi connectivity index (χ1v) is 12.0. The lowest BCUT2D eigenvalue weighted by Crippen LogP contribution is -2.52. The van der Waals surface area contributed by atoms with Crippen molar-refractivity contribution < 1.29 is 14.7 Å². The van der Waals surface area contributed by atoms with Gasteiger partial charge in [-0.25, -0.2) is 9.59 Å². The molecule has 0 aliphatic carbocycles. The number of halogens is 2. The number of rotatable bonds is 5. The highest BCUT2D eigenvalue weighted by atomic mass is 79.9. The van der Waals surface area contributed by atoms with Crippen molar-refractivity contribution in [1.82, 2.24) is 19.8 Å². The lowest BCUT2D eigenvalue weighted by atomic mass is 10.0. The minimum Gasteiger partial charge on any atom is -0.506 e. The second kappa shape index (κ2) is 9.60. The SMILES string of the molecule is NC(=O)[C@@H](Cc1cc(Br)c(O)c(Br)c1)NC(=O)N1CCC(n2c(=O)[nH]c3ccccc32)CC1. The summed E-state index contributed by atoms with van der Waals surface area (Å²) in [6.45, 7) is 0.897. The Morgan fingerprint density at radius 1 is 1.18 bits per heavy atom. The first-order valence-electron chi connectivity index (χ1n) is 10.5. The van der Waals surface area contributed by atoms with Crippen molar-refractivity contribution in [2.24, 2.45) is 5.73 Å². The van der Waals surface area contributed by atoms with Crippen LogP contribution in [0.2, 0.25) is 0 Å². The number of imidazole rings is 1. The van der Waals surface area contributed by atoms with Crippen molar-refractivity contribution in [3.05, 3.63) is 61.4 Å². The van der Waals surface area contributed by atoms with Crippen molar-refractivity contribution in [2.75, 3.05) is 13.1 Å². The highest BCUT2D eigenvalue weighted by Gasteiger charge is 2.28. The number of benzene rings is 2. The van der Waals surface area contributed by atoms with Crippen molar-refractivity contribution in [1.29, 1.82) is 0 Å². The largest absolute Gasteiger partial charge is 0.506 e. The van der Waals surface area contributed by atoms with Crippen molar-refractivity contribution in [2.45, 2.75) is 31.3 Å². The minimum atomic E-state index is -0.908. The van der Waals surface area contributed by atoms with Crippen LogP contribution in [0.4, 0.5) is 4.79 Å². The lowest BCUT2D eigenvalue weighted by molar-refractivity contribution is -0.119. The molecule has 0 radical (unpaired) electrons. The van der Waals surface area contributed by atoms with Crippen LogP contribution in [0.1, 0.15) is 24.4 Å². The number of urea groups is 1. The summed E-state index contributed by atoms with van der Waals surface area (Å²) >= 11 is 6.52. The summed E-state index contributed by atoms with van der Waals surface area (Å²) in [5, 5.41) is 12.6. The third-order valence-corrected chi connectivity index (χ3v) is 7.11. The van der Waals surface area contributed by atoms with E-state index in [1.807, 2.05) is 24.3 Å². The quantitative estimate of drug-likeness (QED) is 0.369. The number of nitrogens with zero attached hydrogens (tertiary/aromatic N) is 2. The number of amides is 3. The molecule has 0 bridgehead atoms. The number of aromatic nitrogens is 2. The molecule has 33 heavy (non-hydrogen) atoms. The molecule has 0 saturated carbocycles. The number of aromatic hydroxyl groups is 1. The maximum absolute atomic E-state index is 12.8. The Bertz CT molecular complexity index is 1240. The Labute approximate surface area is 206 Å². The van der Waals surface area contributed by atoms with Crippen molar-refractivity contribution in [3.8, 4) is 5.75 Å². The molecule has 2 aromatic carbocycles. The molecule has 2 heterocycles. The summed E-state index contributed by atoms with van der Waals surface area (Å²) in [6, 6.07) is 9.59. The summed E-state index contributed by atoms with van der Waals surface area (Å²) < 4.78 is 2.70. The topological polar surface area (TPSA) is 133 Å². The van der Waals surface area contributed by atoms with Crippen LogP contribution in [0, 0.1) is 0 Å². The number of carbonyl (C=O) groups excluding carboxylic acids is 2. The van der Waals surface area contributed by atoms with E-state index in [2.05, 4.69) is 42.2 Å². The van der Waals surface area contributed by atoms with E-state index in [1.54, 1.807) is 21.6 Å². The number of para-hydroxylation sites is 2. The summed E-state index contributed by atoms with van der Waals surface area (Å²) in [5.74, 6) is -0.598. The molecule has 3 aromatic rings. The zero-order valence-electron chi connectivity index (χ0n) is 17.6. The van der Waals surface area contributed by atoms with Crippen LogP contribution in [0.15, 0.2) is 50.1 Å². The monoisotopic (exact) mass is 579 g/mol. The van der Waals surface area contributed by atoms with E-state index in [0.29, 0.717) is 40.4 Å². The Morgan fingerprint density at radius 2 is 1.82 bits per heavy atom. The van der Waals surface area contributed by atoms with Gasteiger partial charge in [0.2, 0.25) is 5.91 Å². The van der Waals surface area contributed by atoms with Gasteiger partial charge in [0.1, 0.15) is 11.8 Å². The van der Waals surface area contributed by atoms with Gasteiger partial charge in [0.05, 0.1) is 20.0 Å². The number of hydrogen-bond donors (Lipinski definition) is 4. The second-order valence-electron chi connectivity index (χ2n) is 8.05. The molecule has 3 amide bonds. The predicted octanol–water partition coefficient (Wildman–Crippen LogP) is 3.00. The van der Waals surface area contributed by atoms with E-state index in [1.165, 1.54) is 0 Å². The van der Waals surface area contributed by atoms with Crippen molar-refractivity contribution >= 4 is 54.8 Å². The number of carbonyl (C=O) groups is 2. The Kier molecular flexibility index (Phi) is 6.80. The fourth-order valence-electron chi connectivity index (χ4n) is 4.20. The second-order valence-corrected chi connectivity index (χ2v) is 9.76. The van der Waals surface area contributed by atoms with Crippen LogP contribution >= 0.6 is 31.9 Å². The molecule has 1 aromatic heterocycles. The standard InChI is InChI=1S/C22H23Br2N5O4/c23-14-9-12(10-15(24)19(14)30)11-17(20(25)31)27-21(32)28-7-5-13(6-8-28)29-18-4-2-1-3-16(18)26-22(29)33/h1-4,9-10,13,17,30H,5-8,11H2,(H2,25,31)(H,26,33)(H,27,32)/t17-/m1/s1. The van der Waals surface area contributed by atoms with Gasteiger partial charge < -0.3 is 26.0 Å². The van der Waals surface area contributed by atoms with E-state index in [0.717, 1.165) is 11.0 Å².